The second kappa shape index (κ2) is 5.81. The predicted octanol–water partition coefficient (Wildman–Crippen LogP) is 3.58. The number of thiophene rings is 1. The van der Waals surface area contributed by atoms with E-state index in [-0.39, 0.29) is 5.91 Å². The normalized spacial score (nSPS) is 11.4. The van der Waals surface area contributed by atoms with E-state index in [1.807, 2.05) is 33.1 Å². The van der Waals surface area contributed by atoms with Gasteiger partial charge in [-0.25, -0.2) is 4.98 Å². The van der Waals surface area contributed by atoms with E-state index in [1.54, 1.807) is 6.08 Å². The zero-order valence-corrected chi connectivity index (χ0v) is 13.6. The molecule has 0 fully saturated rings. The molecule has 0 saturated carbocycles. The van der Waals surface area contributed by atoms with Crippen molar-refractivity contribution in [3.8, 4) is 0 Å². The van der Waals surface area contributed by atoms with Gasteiger partial charge in [-0.15, -0.1) is 17.9 Å². The molecule has 2 N–H and O–H groups in total. The van der Waals surface area contributed by atoms with Gasteiger partial charge >= 0.3 is 0 Å². The van der Waals surface area contributed by atoms with E-state index in [1.165, 1.54) is 11.3 Å². The summed E-state index contributed by atoms with van der Waals surface area (Å²) < 4.78 is 0.897. The number of anilines is 2. The fraction of sp³-hybridized carbons (Fsp3) is 0.400. The van der Waals surface area contributed by atoms with E-state index in [0.717, 1.165) is 15.8 Å². The van der Waals surface area contributed by atoms with Gasteiger partial charge in [0, 0.05) is 12.0 Å². The molecule has 112 valence electrons. The fourth-order valence-corrected chi connectivity index (χ4v) is 2.59. The van der Waals surface area contributed by atoms with Crippen molar-refractivity contribution in [3.63, 3.8) is 0 Å². The van der Waals surface area contributed by atoms with E-state index in [4.69, 9.17) is 0 Å². The van der Waals surface area contributed by atoms with Crippen LogP contribution < -0.4 is 10.6 Å². The zero-order chi connectivity index (χ0) is 15.6. The van der Waals surface area contributed by atoms with Crippen LogP contribution in [0.25, 0.3) is 10.2 Å². The average molecular weight is 304 g/mol. The quantitative estimate of drug-likeness (QED) is 0.847. The van der Waals surface area contributed by atoms with Gasteiger partial charge in [0.25, 0.3) is 0 Å². The second-order valence-electron chi connectivity index (χ2n) is 5.87. The molecule has 0 spiro atoms. The minimum atomic E-state index is -0.474. The molecule has 0 aliphatic carbocycles. The Labute approximate surface area is 128 Å². The molecule has 1 amide bonds. The van der Waals surface area contributed by atoms with Gasteiger partial charge in [0.15, 0.2) is 5.82 Å². The number of aryl methyl sites for hydroxylation is 1. The Morgan fingerprint density at radius 1 is 1.43 bits per heavy atom. The lowest BCUT2D eigenvalue weighted by Crippen LogP contribution is -2.28. The van der Waals surface area contributed by atoms with Crippen LogP contribution in [0.1, 0.15) is 26.3 Å². The van der Waals surface area contributed by atoms with Crippen LogP contribution in [-0.4, -0.2) is 22.4 Å². The van der Waals surface area contributed by atoms with E-state index in [0.29, 0.717) is 18.3 Å². The number of hydrogen-bond donors (Lipinski definition) is 2. The van der Waals surface area contributed by atoms with Crippen LogP contribution in [-0.2, 0) is 4.79 Å². The number of amides is 1. The molecule has 5 nitrogen and oxygen atoms in total. The van der Waals surface area contributed by atoms with Crippen molar-refractivity contribution in [2.75, 3.05) is 17.2 Å². The molecule has 2 rings (SSSR count). The van der Waals surface area contributed by atoms with Gasteiger partial charge in [-0.2, -0.15) is 4.98 Å². The average Bonchev–Trinajstić information content (AvgIpc) is 2.77. The number of fused-ring (bicyclic) bond motifs is 1. The summed E-state index contributed by atoms with van der Waals surface area (Å²) in [5, 5.41) is 8.00. The molecule has 2 aromatic heterocycles. The molecular weight excluding hydrogens is 284 g/mol. The van der Waals surface area contributed by atoms with Crippen molar-refractivity contribution in [2.24, 2.45) is 5.41 Å². The predicted molar refractivity (Wildman–Crippen MR) is 88.9 cm³/mol. The smallest absolute Gasteiger partial charge is 0.230 e. The number of nitrogens with one attached hydrogen (secondary N) is 2. The zero-order valence-electron chi connectivity index (χ0n) is 12.8. The van der Waals surface area contributed by atoms with Gasteiger partial charge in [0.05, 0.1) is 10.2 Å². The summed E-state index contributed by atoms with van der Waals surface area (Å²) in [5.41, 5.74) is 1.47. The van der Waals surface area contributed by atoms with Gasteiger partial charge in [-0.3, -0.25) is 4.79 Å². The third-order valence-corrected chi connectivity index (χ3v) is 4.00. The maximum absolute atomic E-state index is 12.2. The van der Waals surface area contributed by atoms with Crippen LogP contribution in [0.4, 0.5) is 11.8 Å². The fourth-order valence-electron chi connectivity index (χ4n) is 1.65. The first kappa shape index (κ1) is 15.4. The monoisotopic (exact) mass is 304 g/mol. The first-order valence-corrected chi connectivity index (χ1v) is 7.63. The Kier molecular flexibility index (Phi) is 4.27. The molecule has 0 bridgehead atoms. The van der Waals surface area contributed by atoms with Crippen molar-refractivity contribution >= 4 is 39.2 Å². The first-order chi connectivity index (χ1) is 9.82. The van der Waals surface area contributed by atoms with Crippen LogP contribution >= 0.6 is 11.3 Å². The number of hydrogen-bond acceptors (Lipinski definition) is 5. The van der Waals surface area contributed by atoms with E-state index < -0.39 is 5.41 Å². The highest BCUT2D eigenvalue weighted by molar-refractivity contribution is 7.18. The van der Waals surface area contributed by atoms with Gasteiger partial charge in [-0.05, 0) is 17.9 Å². The second-order valence-corrected chi connectivity index (χ2v) is 6.75. The Hall–Kier alpha value is -1.95. The summed E-state index contributed by atoms with van der Waals surface area (Å²) >= 11 is 1.54. The highest BCUT2D eigenvalue weighted by atomic mass is 32.1. The number of carbonyl (C=O) groups is 1. The molecule has 2 aromatic rings. The molecule has 0 saturated heterocycles. The lowest BCUT2D eigenvalue weighted by atomic mass is 9.96. The van der Waals surface area contributed by atoms with Crippen LogP contribution in [0.2, 0.25) is 0 Å². The van der Waals surface area contributed by atoms with Crippen molar-refractivity contribution in [2.45, 2.75) is 27.7 Å². The number of nitrogens with zero attached hydrogens (tertiary/aromatic N) is 2. The minimum Gasteiger partial charge on any atom is -0.351 e. The summed E-state index contributed by atoms with van der Waals surface area (Å²) in [4.78, 5) is 21.1. The van der Waals surface area contributed by atoms with Crippen molar-refractivity contribution in [3.05, 3.63) is 23.6 Å². The molecular formula is C15H20N4OS. The van der Waals surface area contributed by atoms with Gasteiger partial charge in [0.1, 0.15) is 0 Å². The third kappa shape index (κ3) is 3.39. The Morgan fingerprint density at radius 3 is 2.76 bits per heavy atom. The SMILES string of the molecule is C=CCNc1nc(NC(=O)C(C)(C)C)c2scc(C)c2n1. The molecule has 0 radical (unpaired) electrons. The molecule has 0 aromatic carbocycles. The van der Waals surface area contributed by atoms with E-state index in [2.05, 4.69) is 27.2 Å². The van der Waals surface area contributed by atoms with Crippen molar-refractivity contribution in [1.29, 1.82) is 0 Å². The summed E-state index contributed by atoms with van der Waals surface area (Å²) in [6.45, 7) is 11.8. The maximum Gasteiger partial charge on any atom is 0.230 e. The lowest BCUT2D eigenvalue weighted by molar-refractivity contribution is -0.123. The Balaban J connectivity index is 2.45. The summed E-state index contributed by atoms with van der Waals surface area (Å²) in [6.07, 6.45) is 1.74. The molecule has 0 aliphatic rings. The Morgan fingerprint density at radius 2 is 2.14 bits per heavy atom. The number of carbonyl (C=O) groups excluding carboxylic acids is 1. The minimum absolute atomic E-state index is 0.0665. The molecule has 6 heteroatoms. The molecule has 0 unspecified atom stereocenters. The third-order valence-electron chi connectivity index (χ3n) is 2.91. The van der Waals surface area contributed by atoms with Crippen molar-refractivity contribution in [1.82, 2.24) is 9.97 Å². The first-order valence-electron chi connectivity index (χ1n) is 6.75. The maximum atomic E-state index is 12.2. The van der Waals surface area contributed by atoms with Crippen LogP contribution in [0.5, 0.6) is 0 Å². The Bertz CT molecular complexity index is 685. The molecule has 2 heterocycles. The summed E-state index contributed by atoms with van der Waals surface area (Å²) in [6, 6.07) is 0. The highest BCUT2D eigenvalue weighted by Crippen LogP contribution is 2.31. The van der Waals surface area contributed by atoms with Crippen LogP contribution in [0, 0.1) is 12.3 Å². The van der Waals surface area contributed by atoms with E-state index in [9.17, 15) is 4.79 Å². The van der Waals surface area contributed by atoms with E-state index >= 15 is 0 Å². The molecule has 0 aliphatic heterocycles. The number of rotatable bonds is 4. The standard InChI is InChI=1S/C15H20N4OS/c1-6-7-16-14-17-10-9(2)8-21-11(10)12(19-14)18-13(20)15(3,4)5/h6,8H,1,7H2,2-5H3,(H2,16,17,18,19,20). The molecule has 0 atom stereocenters. The highest BCUT2D eigenvalue weighted by Gasteiger charge is 2.23. The lowest BCUT2D eigenvalue weighted by Gasteiger charge is -2.17. The number of aromatic nitrogens is 2. The van der Waals surface area contributed by atoms with Crippen LogP contribution in [0.15, 0.2) is 18.0 Å². The van der Waals surface area contributed by atoms with Gasteiger partial charge < -0.3 is 10.6 Å². The summed E-state index contributed by atoms with van der Waals surface area (Å²) in [5.74, 6) is 0.987. The molecule has 21 heavy (non-hydrogen) atoms. The van der Waals surface area contributed by atoms with Crippen molar-refractivity contribution < 1.29 is 4.79 Å². The topological polar surface area (TPSA) is 66.9 Å². The van der Waals surface area contributed by atoms with Crippen LogP contribution in [0.3, 0.4) is 0 Å². The van der Waals surface area contributed by atoms with Gasteiger partial charge in [0.2, 0.25) is 11.9 Å². The summed E-state index contributed by atoms with van der Waals surface area (Å²) in [7, 11) is 0. The largest absolute Gasteiger partial charge is 0.351 e. The van der Waals surface area contributed by atoms with Gasteiger partial charge in [-0.1, -0.05) is 26.8 Å².